The summed E-state index contributed by atoms with van der Waals surface area (Å²) in [5.41, 5.74) is 2.52. The van der Waals surface area contributed by atoms with Crippen molar-refractivity contribution >= 4 is 34.6 Å². The van der Waals surface area contributed by atoms with Crippen molar-refractivity contribution in [1.82, 2.24) is 15.5 Å². The summed E-state index contributed by atoms with van der Waals surface area (Å²) in [6.07, 6.45) is 0. The van der Waals surface area contributed by atoms with Gasteiger partial charge in [-0.05, 0) is 55.0 Å². The van der Waals surface area contributed by atoms with Crippen molar-refractivity contribution in [3.05, 3.63) is 82.3 Å². The van der Waals surface area contributed by atoms with Crippen LogP contribution in [0.2, 0.25) is 5.02 Å². The molecule has 0 aliphatic rings. The first-order valence-corrected chi connectivity index (χ1v) is 10.00. The largest absolute Gasteiger partial charge is 0.452 e. The highest BCUT2D eigenvalue weighted by Crippen LogP contribution is 2.27. The number of aryl methyl sites for hydroxylation is 1. The highest BCUT2D eigenvalue weighted by Gasteiger charge is 2.21. The molecule has 2 aromatic carbocycles. The van der Waals surface area contributed by atoms with Gasteiger partial charge in [0.2, 0.25) is 0 Å². The van der Waals surface area contributed by atoms with Crippen LogP contribution in [0, 0.1) is 12.7 Å². The lowest BCUT2D eigenvalue weighted by atomic mass is 10.1. The smallest absolute Gasteiger partial charge is 0.339 e. The van der Waals surface area contributed by atoms with Crippen molar-refractivity contribution in [2.45, 2.75) is 13.5 Å². The van der Waals surface area contributed by atoms with Gasteiger partial charge in [-0.2, -0.15) is 0 Å². The van der Waals surface area contributed by atoms with Crippen LogP contribution < -0.4 is 5.32 Å². The molecule has 0 fully saturated rings. The third-order valence-electron chi connectivity index (χ3n) is 4.69. The molecule has 0 spiro atoms. The third-order valence-corrected chi connectivity index (χ3v) is 4.93. The van der Waals surface area contributed by atoms with Crippen LogP contribution in [0.3, 0.4) is 0 Å². The van der Waals surface area contributed by atoms with Gasteiger partial charge in [-0.3, -0.25) is 4.79 Å². The summed E-state index contributed by atoms with van der Waals surface area (Å²) in [7, 11) is 0. The Morgan fingerprint density at radius 2 is 1.94 bits per heavy atom. The Morgan fingerprint density at radius 1 is 1.16 bits per heavy atom. The Hall–Kier alpha value is -3.78. The predicted molar refractivity (Wildman–Crippen MR) is 116 cm³/mol. The van der Waals surface area contributed by atoms with E-state index in [1.807, 2.05) is 6.07 Å². The number of esters is 1. The van der Waals surface area contributed by atoms with Crippen LogP contribution in [-0.2, 0) is 16.1 Å². The Labute approximate surface area is 187 Å². The number of carbonyl (C=O) groups excluding carboxylic acids is 2. The summed E-state index contributed by atoms with van der Waals surface area (Å²) in [6.45, 7) is 1.44. The molecule has 0 atom stereocenters. The van der Waals surface area contributed by atoms with Crippen LogP contribution in [0.25, 0.3) is 22.4 Å². The summed E-state index contributed by atoms with van der Waals surface area (Å²) >= 11 is 5.93. The lowest BCUT2D eigenvalue weighted by Crippen LogP contribution is -2.28. The second kappa shape index (κ2) is 9.15. The Kier molecular flexibility index (Phi) is 6.13. The molecule has 4 rings (SSSR count). The first-order valence-electron chi connectivity index (χ1n) is 9.62. The first kappa shape index (κ1) is 21.5. The monoisotopic (exact) mass is 453 g/mol. The van der Waals surface area contributed by atoms with Crippen LogP contribution in [0.1, 0.15) is 21.6 Å². The van der Waals surface area contributed by atoms with E-state index in [1.165, 1.54) is 30.3 Å². The molecule has 0 aliphatic heterocycles. The molecule has 32 heavy (non-hydrogen) atoms. The van der Waals surface area contributed by atoms with E-state index in [9.17, 15) is 14.0 Å². The number of hydrogen-bond acceptors (Lipinski definition) is 6. The van der Waals surface area contributed by atoms with E-state index in [-0.39, 0.29) is 17.8 Å². The molecule has 2 heterocycles. The van der Waals surface area contributed by atoms with E-state index in [2.05, 4.69) is 15.5 Å². The van der Waals surface area contributed by atoms with Crippen molar-refractivity contribution in [2.24, 2.45) is 0 Å². The molecule has 0 aliphatic carbocycles. The lowest BCUT2D eigenvalue weighted by molar-refractivity contribution is -0.124. The molecule has 1 amide bonds. The maximum atomic E-state index is 13.3. The minimum Gasteiger partial charge on any atom is -0.452 e. The second-order valence-electron chi connectivity index (χ2n) is 6.99. The molecule has 0 saturated carbocycles. The number of hydrogen-bond donors (Lipinski definition) is 1. The molecule has 0 saturated heterocycles. The first-order chi connectivity index (χ1) is 15.4. The van der Waals surface area contributed by atoms with Gasteiger partial charge in [-0.1, -0.05) is 28.9 Å². The summed E-state index contributed by atoms with van der Waals surface area (Å²) in [4.78, 5) is 29.3. The van der Waals surface area contributed by atoms with Crippen molar-refractivity contribution in [2.75, 3.05) is 6.61 Å². The standard InChI is InChI=1S/C23H17ClFN3O4/c1-13-21-18(10-19(27-22(21)32-28-13)15-5-7-17(25)8-6-15)23(30)31-12-20(29)26-11-14-3-2-4-16(24)9-14/h2-10H,11-12H2,1H3,(H,26,29). The number of carbonyl (C=O) groups is 2. The van der Waals surface area contributed by atoms with Gasteiger partial charge >= 0.3 is 5.97 Å². The van der Waals surface area contributed by atoms with E-state index in [0.29, 0.717) is 27.4 Å². The lowest BCUT2D eigenvalue weighted by Gasteiger charge is -2.09. The summed E-state index contributed by atoms with van der Waals surface area (Å²) in [5, 5.41) is 7.47. The summed E-state index contributed by atoms with van der Waals surface area (Å²) in [6, 6.07) is 14.2. The van der Waals surface area contributed by atoms with E-state index >= 15 is 0 Å². The SMILES string of the molecule is Cc1noc2nc(-c3ccc(F)cc3)cc(C(=O)OCC(=O)NCc3cccc(Cl)c3)c12. The minimum absolute atomic E-state index is 0.140. The number of ether oxygens (including phenoxy) is 1. The second-order valence-corrected chi connectivity index (χ2v) is 7.43. The minimum atomic E-state index is -0.732. The van der Waals surface area contributed by atoms with Gasteiger partial charge in [-0.25, -0.2) is 14.2 Å². The van der Waals surface area contributed by atoms with E-state index in [0.717, 1.165) is 5.56 Å². The zero-order valence-electron chi connectivity index (χ0n) is 16.9. The number of fused-ring (bicyclic) bond motifs is 1. The van der Waals surface area contributed by atoms with E-state index < -0.39 is 24.3 Å². The van der Waals surface area contributed by atoms with Crippen LogP contribution in [0.4, 0.5) is 4.39 Å². The summed E-state index contributed by atoms with van der Waals surface area (Å²) < 4.78 is 23.7. The number of nitrogens with one attached hydrogen (secondary N) is 1. The molecule has 7 nitrogen and oxygen atoms in total. The number of rotatable bonds is 6. The molecular weight excluding hydrogens is 437 g/mol. The molecule has 0 bridgehead atoms. The fraction of sp³-hybridized carbons (Fsp3) is 0.130. The zero-order chi connectivity index (χ0) is 22.7. The number of halogens is 2. The van der Waals surface area contributed by atoms with Gasteiger partial charge in [-0.15, -0.1) is 0 Å². The summed E-state index contributed by atoms with van der Waals surface area (Å²) in [5.74, 6) is -1.59. The van der Waals surface area contributed by atoms with E-state index in [4.69, 9.17) is 20.9 Å². The number of nitrogens with zero attached hydrogens (tertiary/aromatic N) is 2. The Bertz CT molecular complexity index is 1300. The van der Waals surface area contributed by atoms with E-state index in [1.54, 1.807) is 25.1 Å². The molecule has 0 radical (unpaired) electrons. The van der Waals surface area contributed by atoms with Gasteiger partial charge in [0.1, 0.15) is 5.82 Å². The third kappa shape index (κ3) is 4.76. The molecular formula is C23H17ClFN3O4. The van der Waals surface area contributed by atoms with Gasteiger partial charge in [0, 0.05) is 17.1 Å². The van der Waals surface area contributed by atoms with Gasteiger partial charge in [0.15, 0.2) is 6.61 Å². The predicted octanol–water partition coefficient (Wildman–Crippen LogP) is 4.46. The fourth-order valence-corrected chi connectivity index (χ4v) is 3.34. The maximum absolute atomic E-state index is 13.3. The van der Waals surface area contributed by atoms with Crippen LogP contribution in [0.15, 0.2) is 59.1 Å². The molecule has 0 unspecified atom stereocenters. The zero-order valence-corrected chi connectivity index (χ0v) is 17.6. The molecule has 4 aromatic rings. The number of pyridine rings is 1. The fourth-order valence-electron chi connectivity index (χ4n) is 3.13. The van der Waals surface area contributed by atoms with Crippen molar-refractivity contribution in [1.29, 1.82) is 0 Å². The molecule has 1 N–H and O–H groups in total. The van der Waals surface area contributed by atoms with Gasteiger partial charge in [0.25, 0.3) is 11.6 Å². The normalized spacial score (nSPS) is 10.8. The van der Waals surface area contributed by atoms with Gasteiger partial charge in [0.05, 0.1) is 22.3 Å². The molecule has 9 heteroatoms. The Balaban J connectivity index is 1.50. The van der Waals surface area contributed by atoms with Crippen LogP contribution in [0.5, 0.6) is 0 Å². The Morgan fingerprint density at radius 3 is 2.69 bits per heavy atom. The highest BCUT2D eigenvalue weighted by molar-refractivity contribution is 6.30. The highest BCUT2D eigenvalue weighted by atomic mass is 35.5. The number of amides is 1. The number of benzene rings is 2. The van der Waals surface area contributed by atoms with Crippen LogP contribution in [-0.4, -0.2) is 28.6 Å². The maximum Gasteiger partial charge on any atom is 0.339 e. The van der Waals surface area contributed by atoms with Crippen molar-refractivity contribution in [3.8, 4) is 11.3 Å². The molecule has 162 valence electrons. The van der Waals surface area contributed by atoms with Gasteiger partial charge < -0.3 is 14.6 Å². The molecule has 2 aromatic heterocycles. The average molecular weight is 454 g/mol. The average Bonchev–Trinajstić information content (AvgIpc) is 3.16. The van der Waals surface area contributed by atoms with Crippen molar-refractivity contribution < 1.29 is 23.2 Å². The van der Waals surface area contributed by atoms with Crippen LogP contribution >= 0.6 is 11.6 Å². The quantitative estimate of drug-likeness (QED) is 0.433. The number of aromatic nitrogens is 2. The topological polar surface area (TPSA) is 94.3 Å². The van der Waals surface area contributed by atoms with Crippen molar-refractivity contribution in [3.63, 3.8) is 0 Å².